The van der Waals surface area contributed by atoms with Gasteiger partial charge in [0.25, 0.3) is 0 Å². The van der Waals surface area contributed by atoms with Gasteiger partial charge in [0.05, 0.1) is 12.5 Å². The average Bonchev–Trinajstić information content (AvgIpc) is 2.47. The van der Waals surface area contributed by atoms with E-state index < -0.39 is 5.97 Å². The number of methoxy groups -OCH3 is 2. The summed E-state index contributed by atoms with van der Waals surface area (Å²) in [5.41, 5.74) is 0.203. The van der Waals surface area contributed by atoms with Gasteiger partial charge in [-0.25, -0.2) is 4.79 Å². The van der Waals surface area contributed by atoms with Crippen LogP contribution in [-0.4, -0.2) is 27.0 Å². The number of hydrogen-bond acceptors (Lipinski definition) is 6. The molecule has 0 fully saturated rings. The second-order valence-corrected chi connectivity index (χ2v) is 4.09. The Hall–Kier alpha value is -2.34. The van der Waals surface area contributed by atoms with E-state index in [1.165, 1.54) is 27.2 Å². The lowest BCUT2D eigenvalue weighted by Gasteiger charge is -2.07. The summed E-state index contributed by atoms with van der Waals surface area (Å²) in [5.74, 6) is -0.319. The fourth-order valence-electron chi connectivity index (χ4n) is 1.77. The van der Waals surface area contributed by atoms with Gasteiger partial charge >= 0.3 is 5.97 Å². The molecule has 0 unspecified atom stereocenters. The average molecular weight is 278 g/mol. The van der Waals surface area contributed by atoms with Gasteiger partial charge in [-0.3, -0.25) is 4.79 Å². The Bertz CT molecular complexity index is 701. The van der Waals surface area contributed by atoms with Gasteiger partial charge in [-0.2, -0.15) is 0 Å². The summed E-state index contributed by atoms with van der Waals surface area (Å²) in [6.07, 6.45) is 0. The first kappa shape index (κ1) is 14.1. The van der Waals surface area contributed by atoms with E-state index in [-0.39, 0.29) is 29.1 Å². The van der Waals surface area contributed by atoms with Crippen molar-refractivity contribution in [3.8, 4) is 5.75 Å². The van der Waals surface area contributed by atoms with Crippen LogP contribution in [0.2, 0.25) is 0 Å². The first-order chi connectivity index (χ1) is 9.58. The van der Waals surface area contributed by atoms with Crippen molar-refractivity contribution in [3.63, 3.8) is 0 Å². The van der Waals surface area contributed by atoms with Crippen LogP contribution in [0.15, 0.2) is 27.4 Å². The molecule has 0 aliphatic rings. The molecule has 106 valence electrons. The second-order valence-electron chi connectivity index (χ2n) is 4.09. The molecule has 0 saturated heterocycles. The maximum atomic E-state index is 12.2. The molecule has 0 amide bonds. The minimum absolute atomic E-state index is 0.0749. The Morgan fingerprint density at radius 2 is 2.05 bits per heavy atom. The predicted molar refractivity (Wildman–Crippen MR) is 71.1 cm³/mol. The summed E-state index contributed by atoms with van der Waals surface area (Å²) in [6, 6.07) is 4.75. The summed E-state index contributed by atoms with van der Waals surface area (Å²) >= 11 is 0. The molecule has 1 heterocycles. The predicted octanol–water partition coefficient (Wildman–Crippen LogP) is 1.87. The molecule has 6 nitrogen and oxygen atoms in total. The van der Waals surface area contributed by atoms with Crippen molar-refractivity contribution < 1.29 is 23.4 Å². The molecule has 0 spiro atoms. The first-order valence-electron chi connectivity index (χ1n) is 5.86. The molecule has 0 aliphatic heterocycles. The second kappa shape index (κ2) is 5.75. The number of carbonyl (C=O) groups excluding carboxylic acids is 1. The molecule has 1 aromatic heterocycles. The number of ether oxygens (including phenoxy) is 3. The van der Waals surface area contributed by atoms with Gasteiger partial charge in [0.1, 0.15) is 11.3 Å². The summed E-state index contributed by atoms with van der Waals surface area (Å²) < 4.78 is 20.1. The zero-order valence-corrected chi connectivity index (χ0v) is 11.4. The molecule has 0 atom stereocenters. The minimum atomic E-state index is -0.690. The lowest BCUT2D eigenvalue weighted by molar-refractivity contribution is 0.0510. The number of esters is 1. The van der Waals surface area contributed by atoms with Crippen molar-refractivity contribution in [3.05, 3.63) is 39.7 Å². The summed E-state index contributed by atoms with van der Waals surface area (Å²) in [4.78, 5) is 23.7. The van der Waals surface area contributed by atoms with Crippen molar-refractivity contribution in [1.29, 1.82) is 0 Å². The SMILES string of the molecule is COCOc1ccc2c(=O)c(C)c(C(=O)OC)oc2c1. The third-order valence-corrected chi connectivity index (χ3v) is 2.81. The van der Waals surface area contributed by atoms with E-state index in [1.807, 2.05) is 0 Å². The maximum Gasteiger partial charge on any atom is 0.374 e. The summed E-state index contributed by atoms with van der Waals surface area (Å²) in [7, 11) is 2.73. The summed E-state index contributed by atoms with van der Waals surface area (Å²) in [6.45, 7) is 1.60. The number of benzene rings is 1. The smallest absolute Gasteiger partial charge is 0.374 e. The van der Waals surface area contributed by atoms with E-state index in [0.29, 0.717) is 11.1 Å². The zero-order chi connectivity index (χ0) is 14.7. The Balaban J connectivity index is 2.60. The topological polar surface area (TPSA) is 75.0 Å². The van der Waals surface area contributed by atoms with Crippen molar-refractivity contribution in [2.75, 3.05) is 21.0 Å². The number of carbonyl (C=O) groups is 1. The van der Waals surface area contributed by atoms with Gasteiger partial charge < -0.3 is 18.6 Å². The standard InChI is InChI=1S/C14H14O6/c1-8-12(15)10-5-4-9(19-7-17-2)6-11(10)20-13(8)14(16)18-3/h4-6H,7H2,1-3H3. The van der Waals surface area contributed by atoms with Crippen molar-refractivity contribution in [2.24, 2.45) is 0 Å². The van der Waals surface area contributed by atoms with E-state index in [2.05, 4.69) is 4.74 Å². The van der Waals surface area contributed by atoms with Crippen LogP contribution in [0, 0.1) is 6.92 Å². The molecule has 20 heavy (non-hydrogen) atoms. The van der Waals surface area contributed by atoms with E-state index in [4.69, 9.17) is 13.9 Å². The number of fused-ring (bicyclic) bond motifs is 1. The van der Waals surface area contributed by atoms with Gasteiger partial charge in [0, 0.05) is 18.7 Å². The minimum Gasteiger partial charge on any atom is -0.467 e. The third-order valence-electron chi connectivity index (χ3n) is 2.81. The van der Waals surface area contributed by atoms with Crippen LogP contribution in [0.3, 0.4) is 0 Å². The molecule has 0 radical (unpaired) electrons. The Morgan fingerprint density at radius 1 is 1.30 bits per heavy atom. The molecule has 6 heteroatoms. The zero-order valence-electron chi connectivity index (χ0n) is 11.4. The van der Waals surface area contributed by atoms with Crippen LogP contribution in [0.5, 0.6) is 5.75 Å². The van der Waals surface area contributed by atoms with Gasteiger partial charge in [-0.15, -0.1) is 0 Å². The highest BCUT2D eigenvalue weighted by Crippen LogP contribution is 2.21. The highest BCUT2D eigenvalue weighted by molar-refractivity contribution is 5.90. The van der Waals surface area contributed by atoms with Crippen LogP contribution in [0.25, 0.3) is 11.0 Å². The van der Waals surface area contributed by atoms with E-state index in [1.54, 1.807) is 12.1 Å². The number of rotatable bonds is 4. The molecule has 2 rings (SSSR count). The van der Waals surface area contributed by atoms with Crippen LogP contribution >= 0.6 is 0 Å². The highest BCUT2D eigenvalue weighted by Gasteiger charge is 2.18. The largest absolute Gasteiger partial charge is 0.467 e. The third kappa shape index (κ3) is 2.50. The van der Waals surface area contributed by atoms with Gasteiger partial charge in [-0.1, -0.05) is 0 Å². The van der Waals surface area contributed by atoms with E-state index >= 15 is 0 Å². The van der Waals surface area contributed by atoms with Gasteiger partial charge in [-0.05, 0) is 19.1 Å². The van der Waals surface area contributed by atoms with Crippen LogP contribution < -0.4 is 10.2 Å². The molecule has 1 aromatic carbocycles. The lowest BCUT2D eigenvalue weighted by Crippen LogP contribution is -2.14. The molecular weight excluding hydrogens is 264 g/mol. The Labute approximate surface area is 114 Å². The van der Waals surface area contributed by atoms with Crippen LogP contribution in [0.4, 0.5) is 0 Å². The van der Waals surface area contributed by atoms with Crippen LogP contribution in [-0.2, 0) is 9.47 Å². The Kier molecular flexibility index (Phi) is 4.05. The number of hydrogen-bond donors (Lipinski definition) is 0. The molecule has 0 N–H and O–H groups in total. The van der Waals surface area contributed by atoms with Crippen molar-refractivity contribution in [2.45, 2.75) is 6.92 Å². The molecular formula is C14H14O6. The summed E-state index contributed by atoms with van der Waals surface area (Å²) in [5, 5.41) is 0.375. The molecule has 0 bridgehead atoms. The van der Waals surface area contributed by atoms with Crippen molar-refractivity contribution in [1.82, 2.24) is 0 Å². The van der Waals surface area contributed by atoms with E-state index in [0.717, 1.165) is 0 Å². The molecule has 0 saturated carbocycles. The quantitative estimate of drug-likeness (QED) is 0.628. The van der Waals surface area contributed by atoms with Crippen molar-refractivity contribution >= 4 is 16.9 Å². The van der Waals surface area contributed by atoms with Crippen LogP contribution in [0.1, 0.15) is 16.1 Å². The lowest BCUT2D eigenvalue weighted by atomic mass is 10.1. The Morgan fingerprint density at radius 3 is 2.70 bits per heavy atom. The first-order valence-corrected chi connectivity index (χ1v) is 5.86. The maximum absolute atomic E-state index is 12.2. The highest BCUT2D eigenvalue weighted by atomic mass is 16.7. The molecule has 2 aromatic rings. The van der Waals surface area contributed by atoms with Gasteiger partial charge in [0.2, 0.25) is 5.76 Å². The monoisotopic (exact) mass is 278 g/mol. The fraction of sp³-hybridized carbons (Fsp3) is 0.286. The molecule has 0 aliphatic carbocycles. The fourth-order valence-corrected chi connectivity index (χ4v) is 1.77. The van der Waals surface area contributed by atoms with Gasteiger partial charge in [0.15, 0.2) is 12.2 Å². The normalized spacial score (nSPS) is 10.6. The van der Waals surface area contributed by atoms with E-state index in [9.17, 15) is 9.59 Å².